The molecule has 6 nitrogen and oxygen atoms in total. The zero-order chi connectivity index (χ0) is 17.7. The molecule has 3 aromatic heterocycles. The zero-order valence-electron chi connectivity index (χ0n) is 14.4. The summed E-state index contributed by atoms with van der Waals surface area (Å²) in [5.41, 5.74) is 5.63. The average Bonchev–Trinajstić information content (AvgIpc) is 3.18. The SMILES string of the molecule is Cc1ccc(-n2cc(C(O)c3c(C4CC4)ccc4cncn34)nn2)cc1. The van der Waals surface area contributed by atoms with Gasteiger partial charge in [0.2, 0.25) is 0 Å². The molecule has 0 saturated heterocycles. The van der Waals surface area contributed by atoms with Gasteiger partial charge in [-0.1, -0.05) is 29.0 Å². The Morgan fingerprint density at radius 1 is 1.12 bits per heavy atom. The van der Waals surface area contributed by atoms with Crippen LogP contribution in [0.15, 0.2) is 55.1 Å². The first-order valence-electron chi connectivity index (χ1n) is 8.83. The van der Waals surface area contributed by atoms with Crippen LogP contribution in [-0.2, 0) is 0 Å². The van der Waals surface area contributed by atoms with Gasteiger partial charge in [-0.3, -0.25) is 4.40 Å². The van der Waals surface area contributed by atoms with E-state index in [4.69, 9.17) is 0 Å². The number of rotatable bonds is 4. The van der Waals surface area contributed by atoms with Crippen molar-refractivity contribution in [1.29, 1.82) is 0 Å². The van der Waals surface area contributed by atoms with Crippen molar-refractivity contribution in [2.45, 2.75) is 31.8 Å². The van der Waals surface area contributed by atoms with Crippen LogP contribution in [0.5, 0.6) is 0 Å². The second kappa shape index (κ2) is 5.78. The third-order valence-electron chi connectivity index (χ3n) is 5.02. The molecule has 130 valence electrons. The summed E-state index contributed by atoms with van der Waals surface area (Å²) in [6.07, 6.45) is 6.83. The maximum atomic E-state index is 11.1. The summed E-state index contributed by atoms with van der Waals surface area (Å²) in [6.45, 7) is 2.05. The van der Waals surface area contributed by atoms with Gasteiger partial charge in [-0.25, -0.2) is 9.67 Å². The summed E-state index contributed by atoms with van der Waals surface area (Å²) < 4.78 is 3.66. The molecule has 0 bridgehead atoms. The molecule has 0 spiro atoms. The fraction of sp³-hybridized carbons (Fsp3) is 0.250. The van der Waals surface area contributed by atoms with Gasteiger partial charge in [-0.2, -0.15) is 0 Å². The predicted octanol–water partition coefficient (Wildman–Crippen LogP) is 3.18. The molecule has 0 amide bonds. The second-order valence-corrected chi connectivity index (χ2v) is 6.96. The predicted molar refractivity (Wildman–Crippen MR) is 97.3 cm³/mol. The Balaban J connectivity index is 1.57. The molecule has 1 fully saturated rings. The molecule has 5 rings (SSSR count). The highest BCUT2D eigenvalue weighted by Gasteiger charge is 2.31. The maximum absolute atomic E-state index is 11.1. The number of benzene rings is 1. The van der Waals surface area contributed by atoms with Crippen molar-refractivity contribution >= 4 is 5.52 Å². The lowest BCUT2D eigenvalue weighted by Crippen LogP contribution is -2.10. The molecule has 26 heavy (non-hydrogen) atoms. The molecule has 1 aromatic carbocycles. The first-order valence-corrected chi connectivity index (χ1v) is 8.83. The molecule has 3 heterocycles. The normalized spacial score (nSPS) is 15.5. The maximum Gasteiger partial charge on any atom is 0.140 e. The average molecular weight is 345 g/mol. The summed E-state index contributed by atoms with van der Waals surface area (Å²) in [5, 5.41) is 19.5. The monoisotopic (exact) mass is 345 g/mol. The Labute approximate surface area is 150 Å². The number of hydrogen-bond acceptors (Lipinski definition) is 4. The van der Waals surface area contributed by atoms with Crippen LogP contribution in [0.4, 0.5) is 0 Å². The first-order chi connectivity index (χ1) is 12.7. The molecular formula is C20H19N5O. The van der Waals surface area contributed by atoms with Crippen LogP contribution in [0.2, 0.25) is 0 Å². The summed E-state index contributed by atoms with van der Waals surface area (Å²) in [6, 6.07) is 12.2. The van der Waals surface area contributed by atoms with Crippen molar-refractivity contribution in [1.82, 2.24) is 24.4 Å². The molecule has 1 unspecified atom stereocenters. The molecule has 1 aliphatic carbocycles. The van der Waals surface area contributed by atoms with Crippen molar-refractivity contribution < 1.29 is 5.11 Å². The number of fused-ring (bicyclic) bond motifs is 1. The fourth-order valence-electron chi connectivity index (χ4n) is 3.42. The summed E-state index contributed by atoms with van der Waals surface area (Å²) in [5.74, 6) is 0.513. The van der Waals surface area contributed by atoms with Crippen molar-refractivity contribution in [3.63, 3.8) is 0 Å². The zero-order valence-corrected chi connectivity index (χ0v) is 14.4. The highest BCUT2D eigenvalue weighted by atomic mass is 16.3. The molecule has 0 radical (unpaired) electrons. The summed E-state index contributed by atoms with van der Waals surface area (Å²) >= 11 is 0. The van der Waals surface area contributed by atoms with E-state index < -0.39 is 6.10 Å². The largest absolute Gasteiger partial charge is 0.380 e. The quantitative estimate of drug-likeness (QED) is 0.617. The summed E-state index contributed by atoms with van der Waals surface area (Å²) in [4.78, 5) is 4.23. The number of imidazole rings is 1. The van der Waals surface area contributed by atoms with Gasteiger partial charge in [0.15, 0.2) is 0 Å². The first kappa shape index (κ1) is 15.3. The minimum absolute atomic E-state index is 0.513. The van der Waals surface area contributed by atoms with Gasteiger partial charge in [-0.05, 0) is 49.4 Å². The number of aliphatic hydroxyl groups is 1. The Kier molecular flexibility index (Phi) is 3.39. The van der Waals surface area contributed by atoms with E-state index in [1.54, 1.807) is 23.4 Å². The van der Waals surface area contributed by atoms with Gasteiger partial charge in [0.05, 0.1) is 35.6 Å². The minimum atomic E-state index is -0.845. The summed E-state index contributed by atoms with van der Waals surface area (Å²) in [7, 11) is 0. The molecule has 1 atom stereocenters. The van der Waals surface area contributed by atoms with E-state index in [2.05, 4.69) is 27.4 Å². The van der Waals surface area contributed by atoms with Gasteiger partial charge in [-0.15, -0.1) is 5.10 Å². The van der Waals surface area contributed by atoms with E-state index in [0.29, 0.717) is 11.6 Å². The van der Waals surface area contributed by atoms with Gasteiger partial charge in [0, 0.05) is 0 Å². The molecular weight excluding hydrogens is 326 g/mol. The lowest BCUT2D eigenvalue weighted by atomic mass is 10.0. The van der Waals surface area contributed by atoms with Crippen molar-refractivity contribution in [3.8, 4) is 5.69 Å². The van der Waals surface area contributed by atoms with Crippen LogP contribution in [0.1, 0.15) is 47.4 Å². The lowest BCUT2D eigenvalue weighted by molar-refractivity contribution is 0.207. The third-order valence-corrected chi connectivity index (χ3v) is 5.02. The van der Waals surface area contributed by atoms with Crippen LogP contribution < -0.4 is 0 Å². The van der Waals surface area contributed by atoms with Crippen LogP contribution in [0.3, 0.4) is 0 Å². The lowest BCUT2D eigenvalue weighted by Gasteiger charge is -2.16. The van der Waals surface area contributed by atoms with Crippen LogP contribution in [0.25, 0.3) is 11.2 Å². The Hall–Kier alpha value is -2.99. The van der Waals surface area contributed by atoms with Crippen molar-refractivity contribution in [2.75, 3.05) is 0 Å². The Bertz CT molecular complexity index is 1080. The van der Waals surface area contributed by atoms with E-state index in [9.17, 15) is 5.11 Å². The number of aliphatic hydroxyl groups excluding tert-OH is 1. The van der Waals surface area contributed by atoms with E-state index in [1.165, 1.54) is 11.1 Å². The fourth-order valence-corrected chi connectivity index (χ4v) is 3.42. The molecule has 1 N–H and O–H groups in total. The highest BCUT2D eigenvalue weighted by Crippen LogP contribution is 2.43. The van der Waals surface area contributed by atoms with Gasteiger partial charge >= 0.3 is 0 Å². The van der Waals surface area contributed by atoms with E-state index >= 15 is 0 Å². The Morgan fingerprint density at radius 3 is 2.69 bits per heavy atom. The number of aryl methyl sites for hydroxylation is 1. The molecule has 4 aromatic rings. The van der Waals surface area contributed by atoms with Gasteiger partial charge in [0.1, 0.15) is 11.8 Å². The standard InChI is InChI=1S/C20H19N5O/c1-13-2-6-15(7-3-13)25-11-18(22-23-25)20(26)19-17(14-4-5-14)9-8-16-10-21-12-24(16)19/h2-3,6-12,14,20,26H,4-5H2,1H3. The number of nitrogens with zero attached hydrogens (tertiary/aromatic N) is 5. The van der Waals surface area contributed by atoms with E-state index in [1.807, 2.05) is 35.6 Å². The third kappa shape index (κ3) is 2.50. The molecule has 6 heteroatoms. The number of pyridine rings is 1. The van der Waals surface area contributed by atoms with Gasteiger partial charge < -0.3 is 5.11 Å². The van der Waals surface area contributed by atoms with Crippen molar-refractivity contribution in [2.24, 2.45) is 0 Å². The van der Waals surface area contributed by atoms with E-state index in [0.717, 1.165) is 29.7 Å². The van der Waals surface area contributed by atoms with E-state index in [-0.39, 0.29) is 0 Å². The van der Waals surface area contributed by atoms with Crippen molar-refractivity contribution in [3.05, 3.63) is 77.6 Å². The van der Waals surface area contributed by atoms with Gasteiger partial charge in [0.25, 0.3) is 0 Å². The smallest absolute Gasteiger partial charge is 0.140 e. The second-order valence-electron chi connectivity index (χ2n) is 6.96. The number of hydrogen-bond donors (Lipinski definition) is 1. The molecule has 0 aliphatic heterocycles. The number of aromatic nitrogens is 5. The Morgan fingerprint density at radius 2 is 1.92 bits per heavy atom. The van der Waals surface area contributed by atoms with Crippen LogP contribution in [-0.4, -0.2) is 29.5 Å². The molecule has 1 aliphatic rings. The van der Waals surface area contributed by atoms with Crippen LogP contribution >= 0.6 is 0 Å². The highest BCUT2D eigenvalue weighted by molar-refractivity contribution is 5.51. The van der Waals surface area contributed by atoms with Crippen LogP contribution in [0, 0.1) is 6.92 Å². The topological polar surface area (TPSA) is 68.2 Å². The molecule has 1 saturated carbocycles. The minimum Gasteiger partial charge on any atom is -0.380 e.